The second-order valence-corrected chi connectivity index (χ2v) is 7.28. The minimum Gasteiger partial charge on any atom is -0.343 e. The van der Waals surface area contributed by atoms with Crippen LogP contribution in [0.3, 0.4) is 0 Å². The quantitative estimate of drug-likeness (QED) is 0.826. The average Bonchev–Trinajstić information content (AvgIpc) is 2.40. The fourth-order valence-corrected chi connectivity index (χ4v) is 4.29. The Morgan fingerprint density at radius 1 is 1.10 bits per heavy atom. The summed E-state index contributed by atoms with van der Waals surface area (Å²) >= 11 is 0. The van der Waals surface area contributed by atoms with Crippen LogP contribution in [0.15, 0.2) is 0 Å². The summed E-state index contributed by atoms with van der Waals surface area (Å²) in [4.78, 5) is 29.1. The van der Waals surface area contributed by atoms with Crippen LogP contribution < -0.4 is 5.32 Å². The molecule has 3 fully saturated rings. The number of piperazine rings is 1. The summed E-state index contributed by atoms with van der Waals surface area (Å²) in [7, 11) is 2.21. The summed E-state index contributed by atoms with van der Waals surface area (Å²) in [6.45, 7) is 4.24. The molecule has 3 unspecified atom stereocenters. The SMILES string of the molecule is CC(C)C1NC(=O)CN(C2CC3CCCC(C2)N3C)C1=O. The molecule has 2 amide bonds. The van der Waals surface area contributed by atoms with Crippen LogP contribution in [-0.4, -0.2) is 59.4 Å². The van der Waals surface area contributed by atoms with E-state index in [-0.39, 0.29) is 36.4 Å². The van der Waals surface area contributed by atoms with Gasteiger partial charge >= 0.3 is 0 Å². The van der Waals surface area contributed by atoms with Crippen LogP contribution in [0.5, 0.6) is 0 Å². The van der Waals surface area contributed by atoms with Gasteiger partial charge in [0.25, 0.3) is 0 Å². The first kappa shape index (κ1) is 14.8. The molecule has 3 aliphatic rings. The van der Waals surface area contributed by atoms with Gasteiger partial charge in [0.15, 0.2) is 0 Å². The highest BCUT2D eigenvalue weighted by Crippen LogP contribution is 2.35. The molecular formula is C16H27N3O2. The Morgan fingerprint density at radius 2 is 1.71 bits per heavy atom. The average molecular weight is 293 g/mol. The van der Waals surface area contributed by atoms with E-state index in [0.717, 1.165) is 12.8 Å². The number of rotatable bonds is 2. The Kier molecular flexibility index (Phi) is 3.95. The van der Waals surface area contributed by atoms with Gasteiger partial charge in [0.2, 0.25) is 11.8 Å². The molecule has 3 atom stereocenters. The Morgan fingerprint density at radius 3 is 2.29 bits per heavy atom. The molecule has 0 saturated carbocycles. The van der Waals surface area contributed by atoms with Gasteiger partial charge in [-0.1, -0.05) is 20.3 Å². The third kappa shape index (κ3) is 2.68. The molecule has 118 valence electrons. The maximum Gasteiger partial charge on any atom is 0.246 e. The summed E-state index contributed by atoms with van der Waals surface area (Å²) in [5.74, 6) is 0.268. The molecule has 5 heteroatoms. The Hall–Kier alpha value is -1.10. The molecule has 3 rings (SSSR count). The Labute approximate surface area is 127 Å². The smallest absolute Gasteiger partial charge is 0.246 e. The van der Waals surface area contributed by atoms with E-state index < -0.39 is 0 Å². The predicted molar refractivity (Wildman–Crippen MR) is 80.7 cm³/mol. The summed E-state index contributed by atoms with van der Waals surface area (Å²) in [6.07, 6.45) is 5.81. The van der Waals surface area contributed by atoms with Crippen LogP contribution in [0.25, 0.3) is 0 Å². The minimum atomic E-state index is -0.342. The maximum absolute atomic E-state index is 12.7. The molecular weight excluding hydrogens is 266 g/mol. The van der Waals surface area contributed by atoms with Crippen molar-refractivity contribution in [2.45, 2.75) is 70.1 Å². The molecule has 0 spiro atoms. The van der Waals surface area contributed by atoms with E-state index in [2.05, 4.69) is 17.3 Å². The third-order valence-corrected chi connectivity index (χ3v) is 5.60. The van der Waals surface area contributed by atoms with Crippen LogP contribution >= 0.6 is 0 Å². The van der Waals surface area contributed by atoms with Crippen molar-refractivity contribution < 1.29 is 9.59 Å². The first-order valence-corrected chi connectivity index (χ1v) is 8.29. The lowest BCUT2D eigenvalue weighted by Gasteiger charge is -2.50. The lowest BCUT2D eigenvalue weighted by Crippen LogP contribution is -2.65. The molecule has 0 radical (unpaired) electrons. The van der Waals surface area contributed by atoms with Crippen molar-refractivity contribution in [1.29, 1.82) is 0 Å². The van der Waals surface area contributed by atoms with Crippen molar-refractivity contribution >= 4 is 11.8 Å². The molecule has 0 aliphatic carbocycles. The van der Waals surface area contributed by atoms with E-state index in [1.807, 2.05) is 18.7 Å². The van der Waals surface area contributed by atoms with E-state index in [4.69, 9.17) is 0 Å². The Balaban J connectivity index is 1.76. The van der Waals surface area contributed by atoms with Gasteiger partial charge in [-0.2, -0.15) is 0 Å². The number of carbonyl (C=O) groups excluding carboxylic acids is 2. The van der Waals surface area contributed by atoms with Crippen LogP contribution in [-0.2, 0) is 9.59 Å². The molecule has 5 nitrogen and oxygen atoms in total. The van der Waals surface area contributed by atoms with E-state index in [1.165, 1.54) is 19.3 Å². The van der Waals surface area contributed by atoms with Gasteiger partial charge in [-0.05, 0) is 38.6 Å². The molecule has 3 aliphatic heterocycles. The zero-order chi connectivity index (χ0) is 15.1. The summed E-state index contributed by atoms with van der Waals surface area (Å²) in [5, 5.41) is 2.85. The molecule has 2 bridgehead atoms. The van der Waals surface area contributed by atoms with Gasteiger partial charge in [-0.25, -0.2) is 0 Å². The lowest BCUT2D eigenvalue weighted by atomic mass is 9.81. The third-order valence-electron chi connectivity index (χ3n) is 5.60. The van der Waals surface area contributed by atoms with Gasteiger partial charge in [0.1, 0.15) is 6.04 Å². The summed E-state index contributed by atoms with van der Waals surface area (Å²) < 4.78 is 0. The van der Waals surface area contributed by atoms with Crippen molar-refractivity contribution in [1.82, 2.24) is 15.1 Å². The molecule has 0 aromatic carbocycles. The van der Waals surface area contributed by atoms with E-state index in [9.17, 15) is 9.59 Å². The van der Waals surface area contributed by atoms with Crippen molar-refractivity contribution in [3.8, 4) is 0 Å². The predicted octanol–water partition coefficient (Wildman–Crippen LogP) is 0.985. The summed E-state index contributed by atoms with van der Waals surface area (Å²) in [5.41, 5.74) is 0. The largest absolute Gasteiger partial charge is 0.343 e. The molecule has 21 heavy (non-hydrogen) atoms. The minimum absolute atomic E-state index is 0.00242. The first-order valence-electron chi connectivity index (χ1n) is 8.29. The van der Waals surface area contributed by atoms with E-state index in [0.29, 0.717) is 12.1 Å². The highest BCUT2D eigenvalue weighted by atomic mass is 16.2. The van der Waals surface area contributed by atoms with Crippen molar-refractivity contribution in [3.05, 3.63) is 0 Å². The topological polar surface area (TPSA) is 52.7 Å². The van der Waals surface area contributed by atoms with Gasteiger partial charge in [0, 0.05) is 18.1 Å². The van der Waals surface area contributed by atoms with Crippen LogP contribution in [0, 0.1) is 5.92 Å². The normalized spacial score (nSPS) is 37.8. The van der Waals surface area contributed by atoms with Crippen LogP contribution in [0.4, 0.5) is 0 Å². The van der Waals surface area contributed by atoms with Crippen molar-refractivity contribution in [2.24, 2.45) is 5.92 Å². The van der Waals surface area contributed by atoms with Crippen molar-refractivity contribution in [2.75, 3.05) is 13.6 Å². The second kappa shape index (κ2) is 5.59. The number of nitrogens with zero attached hydrogens (tertiary/aromatic N) is 2. The number of nitrogens with one attached hydrogen (secondary N) is 1. The monoisotopic (exact) mass is 293 g/mol. The first-order chi connectivity index (χ1) is 9.97. The Bertz CT molecular complexity index is 423. The number of hydrogen-bond acceptors (Lipinski definition) is 3. The van der Waals surface area contributed by atoms with Crippen LogP contribution in [0.2, 0.25) is 0 Å². The van der Waals surface area contributed by atoms with E-state index in [1.54, 1.807) is 0 Å². The van der Waals surface area contributed by atoms with Gasteiger partial charge < -0.3 is 15.1 Å². The van der Waals surface area contributed by atoms with Crippen LogP contribution in [0.1, 0.15) is 46.0 Å². The zero-order valence-electron chi connectivity index (χ0n) is 13.3. The fourth-order valence-electron chi connectivity index (χ4n) is 4.29. The molecule has 1 N–H and O–H groups in total. The number of fused-ring (bicyclic) bond motifs is 2. The van der Waals surface area contributed by atoms with Crippen molar-refractivity contribution in [3.63, 3.8) is 0 Å². The summed E-state index contributed by atoms with van der Waals surface area (Å²) in [6, 6.07) is 1.07. The van der Waals surface area contributed by atoms with Gasteiger partial charge in [-0.3, -0.25) is 9.59 Å². The fraction of sp³-hybridized carbons (Fsp3) is 0.875. The standard InChI is InChI=1S/C16H27N3O2/c1-10(2)15-16(21)19(9-14(20)17-15)13-7-11-5-4-6-12(8-13)18(11)3/h10-13,15H,4-9H2,1-3H3,(H,17,20). The maximum atomic E-state index is 12.7. The zero-order valence-corrected chi connectivity index (χ0v) is 13.3. The lowest BCUT2D eigenvalue weighted by molar-refractivity contribution is -0.150. The van der Waals surface area contributed by atoms with Gasteiger partial charge in [-0.15, -0.1) is 0 Å². The second-order valence-electron chi connectivity index (χ2n) is 7.28. The van der Waals surface area contributed by atoms with Gasteiger partial charge in [0.05, 0.1) is 6.54 Å². The molecule has 3 saturated heterocycles. The highest BCUT2D eigenvalue weighted by Gasteiger charge is 2.43. The molecule has 0 aromatic heterocycles. The number of carbonyl (C=O) groups is 2. The highest BCUT2D eigenvalue weighted by molar-refractivity contribution is 5.95. The molecule has 0 aromatic rings. The number of amides is 2. The number of piperidine rings is 2. The number of hydrogen-bond donors (Lipinski definition) is 1. The molecule has 3 heterocycles. The van der Waals surface area contributed by atoms with E-state index >= 15 is 0 Å².